The molecule has 8 nitrogen and oxygen atoms in total. The van der Waals surface area contributed by atoms with E-state index in [1.807, 2.05) is 0 Å². The molecule has 0 saturated heterocycles. The molecule has 0 atom stereocenters. The van der Waals surface area contributed by atoms with Gasteiger partial charge in [0, 0.05) is 11.1 Å². The number of carbonyl (C=O) groups is 1. The highest BCUT2D eigenvalue weighted by molar-refractivity contribution is 7.88. The maximum absolute atomic E-state index is 13.0. The summed E-state index contributed by atoms with van der Waals surface area (Å²) in [6, 6.07) is 9.31. The molecule has 0 N–H and O–H groups in total. The third-order valence-electron chi connectivity index (χ3n) is 4.16. The Bertz CT molecular complexity index is 1120. The first kappa shape index (κ1) is 26.8. The molecule has 0 aliphatic heterocycles. The summed E-state index contributed by atoms with van der Waals surface area (Å²) >= 11 is 0. The summed E-state index contributed by atoms with van der Waals surface area (Å²) in [5.41, 5.74) is -6.22. The van der Waals surface area contributed by atoms with Crippen LogP contribution in [-0.2, 0) is 29.9 Å². The SMILES string of the molecule is CCOP(=O)(Cc1cc(OS(=O)(=O)C(F)(F)F)c(C(=O)c2ccccc2)cc1OC)OCC. The van der Waals surface area contributed by atoms with Crippen molar-refractivity contribution in [1.29, 1.82) is 0 Å². The van der Waals surface area contributed by atoms with Crippen LogP contribution in [0.5, 0.6) is 11.5 Å². The zero-order chi connectivity index (χ0) is 24.9. The lowest BCUT2D eigenvalue weighted by Gasteiger charge is -2.20. The number of halogens is 3. The highest BCUT2D eigenvalue weighted by Gasteiger charge is 2.49. The minimum absolute atomic E-state index is 0.00990. The van der Waals surface area contributed by atoms with Crippen molar-refractivity contribution < 1.29 is 48.9 Å². The highest BCUT2D eigenvalue weighted by Crippen LogP contribution is 2.53. The first-order valence-corrected chi connectivity index (χ1v) is 12.7. The van der Waals surface area contributed by atoms with Crippen molar-refractivity contribution in [1.82, 2.24) is 0 Å². The lowest BCUT2D eigenvalue weighted by atomic mass is 10.0. The second kappa shape index (κ2) is 10.7. The van der Waals surface area contributed by atoms with Crippen LogP contribution in [0.4, 0.5) is 13.2 Å². The van der Waals surface area contributed by atoms with Crippen molar-refractivity contribution in [3.63, 3.8) is 0 Å². The molecule has 0 aliphatic rings. The Morgan fingerprint density at radius 2 is 1.58 bits per heavy atom. The van der Waals surface area contributed by atoms with E-state index in [1.165, 1.54) is 31.4 Å². The number of methoxy groups -OCH3 is 1. The van der Waals surface area contributed by atoms with Crippen LogP contribution in [0.2, 0.25) is 0 Å². The van der Waals surface area contributed by atoms with E-state index in [2.05, 4.69) is 4.18 Å². The molecule has 0 aromatic heterocycles. The Labute approximate surface area is 189 Å². The van der Waals surface area contributed by atoms with Crippen molar-refractivity contribution in [2.45, 2.75) is 25.5 Å². The molecule has 0 spiro atoms. The molecule has 0 amide bonds. The van der Waals surface area contributed by atoms with Crippen LogP contribution >= 0.6 is 7.60 Å². The summed E-state index contributed by atoms with van der Waals surface area (Å²) in [5.74, 6) is -1.77. The van der Waals surface area contributed by atoms with Gasteiger partial charge >= 0.3 is 23.2 Å². The minimum Gasteiger partial charge on any atom is -0.496 e. The fourth-order valence-corrected chi connectivity index (χ4v) is 4.98. The molecule has 0 radical (unpaired) electrons. The standard InChI is InChI=1S/C20H22F3O8PS/c1-4-29-32(25,30-5-2)13-15-11-18(31-33(26,27)20(21,22)23)16(12-17(15)28-3)19(24)14-9-7-6-8-10-14/h6-12H,4-5,13H2,1-3H3. The minimum atomic E-state index is -6.11. The molecule has 13 heteroatoms. The predicted octanol–water partition coefficient (Wildman–Crippen LogP) is 4.92. The molecule has 182 valence electrons. The Morgan fingerprint density at radius 3 is 2.06 bits per heavy atom. The van der Waals surface area contributed by atoms with Gasteiger partial charge < -0.3 is 18.0 Å². The van der Waals surface area contributed by atoms with Crippen LogP contribution in [-0.4, -0.2) is 40.0 Å². The maximum atomic E-state index is 13.0. The number of hydrogen-bond donors (Lipinski definition) is 0. The first-order valence-electron chi connectivity index (χ1n) is 9.57. The summed E-state index contributed by atoms with van der Waals surface area (Å²) in [6.45, 7) is 3.15. The lowest BCUT2D eigenvalue weighted by molar-refractivity contribution is -0.0500. The summed E-state index contributed by atoms with van der Waals surface area (Å²) in [5, 5.41) is 0. The molecule has 0 heterocycles. The van der Waals surface area contributed by atoms with E-state index in [-0.39, 0.29) is 30.1 Å². The van der Waals surface area contributed by atoms with E-state index in [4.69, 9.17) is 13.8 Å². The normalized spacial score (nSPS) is 12.4. The summed E-state index contributed by atoms with van der Waals surface area (Å²) in [4.78, 5) is 13.0. The van der Waals surface area contributed by atoms with Crippen LogP contribution in [0.1, 0.15) is 35.3 Å². The second-order valence-corrected chi connectivity index (χ2v) is 10.0. The smallest absolute Gasteiger partial charge is 0.496 e. The molecule has 2 aromatic carbocycles. The quantitative estimate of drug-likeness (QED) is 0.182. The molecule has 0 bridgehead atoms. The number of benzene rings is 2. The first-order chi connectivity index (χ1) is 15.4. The topological polar surface area (TPSA) is 105 Å². The van der Waals surface area contributed by atoms with Gasteiger partial charge in [-0.05, 0) is 26.0 Å². The molecule has 0 saturated carbocycles. The fourth-order valence-electron chi connectivity index (χ4n) is 2.80. The van der Waals surface area contributed by atoms with Gasteiger partial charge in [-0.2, -0.15) is 21.6 Å². The molecule has 0 aliphatic carbocycles. The zero-order valence-electron chi connectivity index (χ0n) is 17.9. The summed E-state index contributed by atoms with van der Waals surface area (Å²) < 4.78 is 95.2. The van der Waals surface area contributed by atoms with Crippen LogP contribution in [0.15, 0.2) is 42.5 Å². The third kappa shape index (κ3) is 6.57. The Morgan fingerprint density at radius 1 is 1.00 bits per heavy atom. The van der Waals surface area contributed by atoms with Gasteiger partial charge in [-0.1, -0.05) is 30.3 Å². The number of hydrogen-bond acceptors (Lipinski definition) is 8. The van der Waals surface area contributed by atoms with Crippen LogP contribution in [0.25, 0.3) is 0 Å². The number of rotatable bonds is 11. The van der Waals surface area contributed by atoms with Crippen molar-refractivity contribution in [2.75, 3.05) is 20.3 Å². The number of ether oxygens (including phenoxy) is 1. The Kier molecular flexibility index (Phi) is 8.69. The molecule has 0 unspecified atom stereocenters. The second-order valence-electron chi connectivity index (χ2n) is 6.44. The Balaban J connectivity index is 2.69. The van der Waals surface area contributed by atoms with Crippen molar-refractivity contribution >= 4 is 23.5 Å². The van der Waals surface area contributed by atoms with E-state index in [1.54, 1.807) is 19.9 Å². The van der Waals surface area contributed by atoms with Crippen LogP contribution < -0.4 is 8.92 Å². The monoisotopic (exact) mass is 510 g/mol. The largest absolute Gasteiger partial charge is 0.534 e. The van der Waals surface area contributed by atoms with Gasteiger partial charge in [0.15, 0.2) is 11.5 Å². The predicted molar refractivity (Wildman–Crippen MR) is 113 cm³/mol. The van der Waals surface area contributed by atoms with E-state index in [0.717, 1.165) is 12.1 Å². The van der Waals surface area contributed by atoms with Gasteiger partial charge in [0.05, 0.1) is 32.0 Å². The van der Waals surface area contributed by atoms with Crippen LogP contribution in [0.3, 0.4) is 0 Å². The molecular weight excluding hydrogens is 488 g/mol. The average Bonchev–Trinajstić information content (AvgIpc) is 2.73. The summed E-state index contributed by atoms with van der Waals surface area (Å²) in [7, 11) is -8.67. The Hall–Kier alpha value is -2.40. The van der Waals surface area contributed by atoms with E-state index < -0.39 is 46.5 Å². The van der Waals surface area contributed by atoms with Gasteiger partial charge in [-0.3, -0.25) is 9.36 Å². The van der Waals surface area contributed by atoms with Crippen molar-refractivity contribution in [3.8, 4) is 11.5 Å². The van der Waals surface area contributed by atoms with Gasteiger partial charge in [0.1, 0.15) is 5.75 Å². The molecule has 0 fully saturated rings. The van der Waals surface area contributed by atoms with Crippen molar-refractivity contribution in [2.24, 2.45) is 0 Å². The molecular formula is C20H22F3O8PS. The maximum Gasteiger partial charge on any atom is 0.534 e. The number of carbonyl (C=O) groups excluding carboxylic acids is 1. The van der Waals surface area contributed by atoms with Crippen LogP contribution in [0, 0.1) is 0 Å². The summed E-state index contributed by atoms with van der Waals surface area (Å²) in [6.07, 6.45) is -0.472. The van der Waals surface area contributed by atoms with Gasteiger partial charge in [0.25, 0.3) is 0 Å². The third-order valence-corrected chi connectivity index (χ3v) is 7.16. The average molecular weight is 510 g/mol. The number of ketones is 1. The zero-order valence-corrected chi connectivity index (χ0v) is 19.6. The van der Waals surface area contributed by atoms with E-state index >= 15 is 0 Å². The lowest BCUT2D eigenvalue weighted by Crippen LogP contribution is -2.28. The van der Waals surface area contributed by atoms with Gasteiger partial charge in [0.2, 0.25) is 0 Å². The van der Waals surface area contributed by atoms with Gasteiger partial charge in [-0.25, -0.2) is 0 Å². The fraction of sp³-hybridized carbons (Fsp3) is 0.350. The number of alkyl halides is 3. The molecule has 2 rings (SSSR count). The van der Waals surface area contributed by atoms with Gasteiger partial charge in [-0.15, -0.1) is 0 Å². The molecule has 33 heavy (non-hydrogen) atoms. The molecule has 2 aromatic rings. The highest BCUT2D eigenvalue weighted by atomic mass is 32.2. The van der Waals surface area contributed by atoms with Crippen molar-refractivity contribution in [3.05, 3.63) is 59.2 Å². The van der Waals surface area contributed by atoms with E-state index in [0.29, 0.717) is 0 Å². The van der Waals surface area contributed by atoms with E-state index in [9.17, 15) is 30.9 Å².